The summed E-state index contributed by atoms with van der Waals surface area (Å²) in [5.41, 5.74) is 10.1. The Hall–Kier alpha value is -1.74. The first-order chi connectivity index (χ1) is 9.87. The topological polar surface area (TPSA) is 51.8 Å². The summed E-state index contributed by atoms with van der Waals surface area (Å²) in [6, 6.07) is 10.4. The monoisotopic (exact) mass is 283 g/mol. The van der Waals surface area contributed by atoms with E-state index in [0.29, 0.717) is 12.5 Å². The van der Waals surface area contributed by atoms with Gasteiger partial charge in [0.15, 0.2) is 0 Å². The van der Waals surface area contributed by atoms with Crippen LogP contribution in [0.1, 0.15) is 55.0 Å². The van der Waals surface area contributed by atoms with Crippen LogP contribution in [0.5, 0.6) is 0 Å². The highest BCUT2D eigenvalue weighted by atomic mass is 14.9. The molecule has 3 heteroatoms. The lowest BCUT2D eigenvalue weighted by atomic mass is 9.83. The molecule has 0 amide bonds. The Morgan fingerprint density at radius 1 is 1.05 bits per heavy atom. The van der Waals surface area contributed by atoms with E-state index in [2.05, 4.69) is 58.9 Å². The summed E-state index contributed by atoms with van der Waals surface area (Å²) in [5, 5.41) is 0. The van der Waals surface area contributed by atoms with Gasteiger partial charge in [-0.3, -0.25) is 0 Å². The molecule has 2 aromatic rings. The molecular formula is C18H25N3. The molecule has 2 N–H and O–H groups in total. The summed E-state index contributed by atoms with van der Waals surface area (Å²) in [7, 11) is 0. The lowest BCUT2D eigenvalue weighted by Crippen LogP contribution is -2.25. The van der Waals surface area contributed by atoms with Gasteiger partial charge in [0.25, 0.3) is 0 Å². The third-order valence-corrected chi connectivity index (χ3v) is 4.23. The minimum atomic E-state index is -0.207. The fourth-order valence-corrected chi connectivity index (χ4v) is 2.82. The summed E-state index contributed by atoms with van der Waals surface area (Å²) >= 11 is 0. The summed E-state index contributed by atoms with van der Waals surface area (Å²) in [6.45, 7) is 11.2. The largest absolute Gasteiger partial charge is 0.330 e. The number of aromatic nitrogens is 2. The van der Waals surface area contributed by atoms with Crippen molar-refractivity contribution < 1.29 is 0 Å². The van der Waals surface area contributed by atoms with E-state index in [1.807, 2.05) is 6.07 Å². The van der Waals surface area contributed by atoms with Gasteiger partial charge in [-0.1, -0.05) is 37.3 Å². The molecule has 1 aromatic carbocycles. The lowest BCUT2D eigenvalue weighted by Gasteiger charge is -2.26. The third-order valence-electron chi connectivity index (χ3n) is 4.23. The van der Waals surface area contributed by atoms with Crippen LogP contribution in [0.2, 0.25) is 0 Å². The lowest BCUT2D eigenvalue weighted by molar-refractivity contribution is 0.578. The summed E-state index contributed by atoms with van der Waals surface area (Å²) in [4.78, 5) is 9.57. The Morgan fingerprint density at radius 3 is 2.05 bits per heavy atom. The van der Waals surface area contributed by atoms with Gasteiger partial charge in [0.05, 0.1) is 0 Å². The molecule has 0 aliphatic rings. The molecule has 0 saturated heterocycles. The van der Waals surface area contributed by atoms with Crippen molar-refractivity contribution in [1.29, 1.82) is 0 Å². The average molecular weight is 283 g/mol. The van der Waals surface area contributed by atoms with Crippen molar-refractivity contribution in [2.75, 3.05) is 6.54 Å². The highest BCUT2D eigenvalue weighted by molar-refractivity contribution is 5.35. The number of hydrogen-bond acceptors (Lipinski definition) is 3. The fourth-order valence-electron chi connectivity index (χ4n) is 2.82. The van der Waals surface area contributed by atoms with Crippen molar-refractivity contribution in [3.8, 4) is 0 Å². The number of rotatable bonds is 4. The molecule has 0 saturated carbocycles. The minimum absolute atomic E-state index is 0.207. The number of hydrogen-bond donors (Lipinski definition) is 1. The molecule has 0 aliphatic heterocycles. The zero-order valence-corrected chi connectivity index (χ0v) is 13.6. The summed E-state index contributed by atoms with van der Waals surface area (Å²) in [5.74, 6) is 1.16. The normalized spacial score (nSPS) is 13.2. The van der Waals surface area contributed by atoms with Gasteiger partial charge < -0.3 is 5.73 Å². The van der Waals surface area contributed by atoms with E-state index in [-0.39, 0.29) is 5.41 Å². The first kappa shape index (κ1) is 15.6. The molecule has 2 rings (SSSR count). The molecule has 0 radical (unpaired) electrons. The number of nitrogens with two attached hydrogens (primary N) is 1. The predicted molar refractivity (Wildman–Crippen MR) is 87.5 cm³/mol. The van der Waals surface area contributed by atoms with Crippen molar-refractivity contribution in [3.05, 3.63) is 58.7 Å². The second-order valence-corrected chi connectivity index (χ2v) is 6.26. The maximum absolute atomic E-state index is 5.80. The third kappa shape index (κ3) is 2.98. The molecular weight excluding hydrogens is 258 g/mol. The molecule has 0 aliphatic carbocycles. The van der Waals surface area contributed by atoms with Gasteiger partial charge in [-0.2, -0.15) is 0 Å². The van der Waals surface area contributed by atoms with Crippen LogP contribution in [0.15, 0.2) is 30.3 Å². The van der Waals surface area contributed by atoms with E-state index < -0.39 is 0 Å². The van der Waals surface area contributed by atoms with Gasteiger partial charge in [0, 0.05) is 16.8 Å². The van der Waals surface area contributed by atoms with Crippen LogP contribution in [0.25, 0.3) is 0 Å². The van der Waals surface area contributed by atoms with Crippen LogP contribution in [-0.4, -0.2) is 16.5 Å². The van der Waals surface area contributed by atoms with Crippen LogP contribution < -0.4 is 5.73 Å². The molecule has 1 aromatic heterocycles. The maximum atomic E-state index is 5.80. The standard InChI is InChI=1S/C18H25N3/c1-12(11-19)16-13(2)20-17(21-14(16)3)18(4,5)15-9-7-6-8-10-15/h6-10,12H,11,19H2,1-5H3. The molecule has 21 heavy (non-hydrogen) atoms. The first-order valence-electron chi connectivity index (χ1n) is 7.49. The Balaban J connectivity index is 2.51. The van der Waals surface area contributed by atoms with Crippen LogP contribution >= 0.6 is 0 Å². The van der Waals surface area contributed by atoms with Crippen LogP contribution in [0, 0.1) is 13.8 Å². The molecule has 0 spiro atoms. The minimum Gasteiger partial charge on any atom is -0.330 e. The average Bonchev–Trinajstić information content (AvgIpc) is 2.47. The smallest absolute Gasteiger partial charge is 0.138 e. The van der Waals surface area contributed by atoms with Crippen LogP contribution in [-0.2, 0) is 5.41 Å². The molecule has 1 unspecified atom stereocenters. The van der Waals surface area contributed by atoms with E-state index in [9.17, 15) is 0 Å². The van der Waals surface area contributed by atoms with E-state index in [4.69, 9.17) is 15.7 Å². The van der Waals surface area contributed by atoms with Crippen molar-refractivity contribution in [2.24, 2.45) is 5.73 Å². The van der Waals surface area contributed by atoms with Gasteiger partial charge in [-0.15, -0.1) is 0 Å². The molecule has 3 nitrogen and oxygen atoms in total. The molecule has 0 fully saturated rings. The second kappa shape index (κ2) is 5.94. The molecule has 0 bridgehead atoms. The highest BCUT2D eigenvalue weighted by Gasteiger charge is 2.28. The zero-order chi connectivity index (χ0) is 15.6. The predicted octanol–water partition coefficient (Wildman–Crippen LogP) is 3.48. The van der Waals surface area contributed by atoms with Gasteiger partial charge in [0.2, 0.25) is 0 Å². The fraction of sp³-hybridized carbons (Fsp3) is 0.444. The van der Waals surface area contributed by atoms with Crippen molar-refractivity contribution in [1.82, 2.24) is 9.97 Å². The van der Waals surface area contributed by atoms with Crippen LogP contribution in [0.4, 0.5) is 0 Å². The maximum Gasteiger partial charge on any atom is 0.138 e. The SMILES string of the molecule is Cc1nc(C(C)(C)c2ccccc2)nc(C)c1C(C)CN. The second-order valence-electron chi connectivity index (χ2n) is 6.26. The van der Waals surface area contributed by atoms with Gasteiger partial charge in [0.1, 0.15) is 5.82 Å². The Labute approximate surface area is 127 Å². The Kier molecular flexibility index (Phi) is 4.43. The van der Waals surface area contributed by atoms with Crippen LogP contribution in [0.3, 0.4) is 0 Å². The number of nitrogens with zero attached hydrogens (tertiary/aromatic N) is 2. The van der Waals surface area contributed by atoms with Gasteiger partial charge >= 0.3 is 0 Å². The van der Waals surface area contributed by atoms with E-state index in [1.165, 1.54) is 11.1 Å². The summed E-state index contributed by atoms with van der Waals surface area (Å²) < 4.78 is 0. The molecule has 112 valence electrons. The van der Waals surface area contributed by atoms with Crippen molar-refractivity contribution in [2.45, 2.75) is 46.0 Å². The van der Waals surface area contributed by atoms with E-state index in [0.717, 1.165) is 17.2 Å². The number of aryl methyl sites for hydroxylation is 2. The number of benzene rings is 1. The zero-order valence-electron chi connectivity index (χ0n) is 13.6. The Morgan fingerprint density at radius 2 is 1.57 bits per heavy atom. The molecule has 1 atom stereocenters. The van der Waals surface area contributed by atoms with Gasteiger partial charge in [-0.05, 0) is 51.3 Å². The summed E-state index contributed by atoms with van der Waals surface area (Å²) in [6.07, 6.45) is 0. The van der Waals surface area contributed by atoms with Crippen molar-refractivity contribution in [3.63, 3.8) is 0 Å². The van der Waals surface area contributed by atoms with E-state index in [1.54, 1.807) is 0 Å². The Bertz CT molecular complexity index is 595. The van der Waals surface area contributed by atoms with E-state index >= 15 is 0 Å². The highest BCUT2D eigenvalue weighted by Crippen LogP contribution is 2.31. The molecule has 1 heterocycles. The first-order valence-corrected chi connectivity index (χ1v) is 7.49. The van der Waals surface area contributed by atoms with Gasteiger partial charge in [-0.25, -0.2) is 9.97 Å². The quantitative estimate of drug-likeness (QED) is 0.934. The van der Waals surface area contributed by atoms with Crippen molar-refractivity contribution >= 4 is 0 Å².